The van der Waals surface area contributed by atoms with Crippen molar-refractivity contribution in [2.75, 3.05) is 0 Å². The van der Waals surface area contributed by atoms with Gasteiger partial charge in [0, 0.05) is 22.9 Å². The van der Waals surface area contributed by atoms with Crippen molar-refractivity contribution in [3.05, 3.63) is 83.2 Å². The Bertz CT molecular complexity index is 1140. The van der Waals surface area contributed by atoms with E-state index in [0.29, 0.717) is 12.1 Å². The van der Waals surface area contributed by atoms with Crippen LogP contribution in [0.3, 0.4) is 0 Å². The molecule has 0 aliphatic heterocycles. The number of primary amides is 1. The number of fused-ring (bicyclic) bond motifs is 3. The summed E-state index contributed by atoms with van der Waals surface area (Å²) < 4.78 is 15.4. The summed E-state index contributed by atoms with van der Waals surface area (Å²) in [6, 6.07) is 19.6. The largest absolute Gasteiger partial charge is 0.366 e. The van der Waals surface area contributed by atoms with E-state index in [1.807, 2.05) is 18.2 Å². The van der Waals surface area contributed by atoms with Crippen LogP contribution in [0.5, 0.6) is 0 Å². The normalized spacial score (nSPS) is 11.3. The van der Waals surface area contributed by atoms with Crippen LogP contribution in [0.2, 0.25) is 0 Å². The Morgan fingerprint density at radius 1 is 1.11 bits per heavy atom. The molecule has 0 spiro atoms. The number of nitrogens with zero attached hydrogens (tertiary/aromatic N) is 1. The van der Waals surface area contributed by atoms with E-state index >= 15 is 0 Å². The van der Waals surface area contributed by atoms with E-state index in [0.717, 1.165) is 40.2 Å². The molecule has 0 fully saturated rings. The first-order valence-electron chi connectivity index (χ1n) is 9.08. The van der Waals surface area contributed by atoms with Crippen LogP contribution in [0.15, 0.2) is 54.6 Å². The smallest absolute Gasteiger partial charge is 0.249 e. The molecule has 0 aliphatic carbocycles. The van der Waals surface area contributed by atoms with Gasteiger partial charge in [0.25, 0.3) is 0 Å². The maximum atomic E-state index is 13.3. The number of aryl methyl sites for hydroxylation is 1. The molecule has 27 heavy (non-hydrogen) atoms. The first-order chi connectivity index (χ1) is 13.1. The van der Waals surface area contributed by atoms with Crippen molar-refractivity contribution in [1.82, 2.24) is 4.57 Å². The van der Waals surface area contributed by atoms with E-state index in [9.17, 15) is 9.18 Å². The van der Waals surface area contributed by atoms with E-state index in [2.05, 4.69) is 23.6 Å². The first-order valence-corrected chi connectivity index (χ1v) is 9.08. The lowest BCUT2D eigenvalue weighted by molar-refractivity contribution is 0.100. The van der Waals surface area contributed by atoms with Gasteiger partial charge in [-0.15, -0.1) is 0 Å². The van der Waals surface area contributed by atoms with E-state index in [1.54, 1.807) is 18.2 Å². The summed E-state index contributed by atoms with van der Waals surface area (Å²) in [5, 5.41) is 1.71. The standard InChI is InChI=1S/C23H20FN2O/c1-2-4-15-9-12-18-21(13-15)26(14-16-7-10-17(24)11-8-16)20-6-3-5-19(22(18)20)23(25)27/h3,5-11,13H,2,4,14H2,1H3,(H2,25,27). The Labute approximate surface area is 157 Å². The molecule has 0 saturated heterocycles. The predicted molar refractivity (Wildman–Crippen MR) is 106 cm³/mol. The zero-order chi connectivity index (χ0) is 19.0. The highest BCUT2D eigenvalue weighted by atomic mass is 19.1. The van der Waals surface area contributed by atoms with Gasteiger partial charge in [-0.3, -0.25) is 4.79 Å². The summed E-state index contributed by atoms with van der Waals surface area (Å²) in [5.74, 6) is -0.706. The van der Waals surface area contributed by atoms with Crippen molar-refractivity contribution in [1.29, 1.82) is 0 Å². The fourth-order valence-corrected chi connectivity index (χ4v) is 3.68. The molecule has 0 bridgehead atoms. The van der Waals surface area contributed by atoms with Crippen molar-refractivity contribution in [2.24, 2.45) is 5.73 Å². The van der Waals surface area contributed by atoms with Crippen LogP contribution in [0.1, 0.15) is 34.8 Å². The van der Waals surface area contributed by atoms with Crippen molar-refractivity contribution in [3.63, 3.8) is 0 Å². The highest BCUT2D eigenvalue weighted by molar-refractivity contribution is 6.17. The van der Waals surface area contributed by atoms with E-state index in [-0.39, 0.29) is 5.82 Å². The molecule has 4 rings (SSSR count). The molecule has 1 heterocycles. The minimum atomic E-state index is -0.451. The second kappa shape index (κ2) is 6.88. The molecule has 1 aromatic heterocycles. The summed E-state index contributed by atoms with van der Waals surface area (Å²) >= 11 is 0. The average Bonchev–Trinajstić information content (AvgIpc) is 2.97. The molecule has 0 aliphatic rings. The van der Waals surface area contributed by atoms with E-state index in [4.69, 9.17) is 5.73 Å². The number of benzene rings is 3. The molecule has 0 atom stereocenters. The molecule has 3 aromatic carbocycles. The van der Waals surface area contributed by atoms with Gasteiger partial charge in [-0.1, -0.05) is 37.6 Å². The quantitative estimate of drug-likeness (QED) is 0.545. The summed E-state index contributed by atoms with van der Waals surface area (Å²) in [5.41, 5.74) is 10.2. The number of rotatable bonds is 5. The topological polar surface area (TPSA) is 48.0 Å². The number of carbonyl (C=O) groups is 1. The zero-order valence-electron chi connectivity index (χ0n) is 15.1. The molecule has 2 N–H and O–H groups in total. The van der Waals surface area contributed by atoms with Crippen molar-refractivity contribution >= 4 is 27.7 Å². The maximum absolute atomic E-state index is 13.3. The lowest BCUT2D eigenvalue weighted by Crippen LogP contribution is -2.11. The highest BCUT2D eigenvalue weighted by Crippen LogP contribution is 2.33. The predicted octanol–water partition coefficient (Wildman–Crippen LogP) is 4.83. The third kappa shape index (κ3) is 3.08. The number of halogens is 1. The molecular weight excluding hydrogens is 339 g/mol. The van der Waals surface area contributed by atoms with Crippen LogP contribution >= 0.6 is 0 Å². The molecular formula is C23H20FN2O. The van der Waals surface area contributed by atoms with Gasteiger partial charge < -0.3 is 10.3 Å². The molecule has 1 radical (unpaired) electrons. The fraction of sp³-hybridized carbons (Fsp3) is 0.174. The summed E-state index contributed by atoms with van der Waals surface area (Å²) in [6.45, 7) is 2.72. The second-order valence-corrected chi connectivity index (χ2v) is 6.79. The van der Waals surface area contributed by atoms with Crippen LogP contribution < -0.4 is 5.73 Å². The fourth-order valence-electron chi connectivity index (χ4n) is 3.68. The third-order valence-electron chi connectivity index (χ3n) is 4.91. The van der Waals surface area contributed by atoms with Crippen molar-refractivity contribution < 1.29 is 9.18 Å². The van der Waals surface area contributed by atoms with Crippen LogP contribution in [-0.4, -0.2) is 10.5 Å². The van der Waals surface area contributed by atoms with Gasteiger partial charge in [-0.25, -0.2) is 4.39 Å². The highest BCUT2D eigenvalue weighted by Gasteiger charge is 2.17. The number of aromatic nitrogens is 1. The Morgan fingerprint density at radius 2 is 1.89 bits per heavy atom. The molecule has 4 heteroatoms. The van der Waals surface area contributed by atoms with Gasteiger partial charge in [-0.2, -0.15) is 0 Å². The Hall–Kier alpha value is -3.14. The van der Waals surface area contributed by atoms with Crippen LogP contribution in [0, 0.1) is 11.9 Å². The number of nitrogens with two attached hydrogens (primary N) is 1. The third-order valence-corrected chi connectivity index (χ3v) is 4.91. The monoisotopic (exact) mass is 359 g/mol. The SMILES string of the molecule is CCCc1c[c]c2c3c(C(N)=O)cccc3n(Cc3ccc(F)cc3)c2c1. The van der Waals surface area contributed by atoms with Crippen molar-refractivity contribution in [2.45, 2.75) is 26.3 Å². The molecule has 3 nitrogen and oxygen atoms in total. The molecule has 0 unspecified atom stereocenters. The van der Waals surface area contributed by atoms with Gasteiger partial charge in [0.1, 0.15) is 5.82 Å². The average molecular weight is 359 g/mol. The Morgan fingerprint density at radius 3 is 2.59 bits per heavy atom. The first kappa shape index (κ1) is 17.3. The number of amides is 1. The minimum Gasteiger partial charge on any atom is -0.366 e. The van der Waals surface area contributed by atoms with Crippen LogP contribution in [0.25, 0.3) is 21.8 Å². The Kier molecular flexibility index (Phi) is 4.40. The molecule has 4 aromatic rings. The van der Waals surface area contributed by atoms with E-state index < -0.39 is 5.91 Å². The van der Waals surface area contributed by atoms with Gasteiger partial charge in [0.2, 0.25) is 5.91 Å². The zero-order valence-corrected chi connectivity index (χ0v) is 15.1. The van der Waals surface area contributed by atoms with Gasteiger partial charge in [-0.05, 0) is 53.9 Å². The van der Waals surface area contributed by atoms with E-state index in [1.165, 1.54) is 17.7 Å². The van der Waals surface area contributed by atoms with Crippen LogP contribution in [0.4, 0.5) is 4.39 Å². The van der Waals surface area contributed by atoms with Crippen molar-refractivity contribution in [3.8, 4) is 0 Å². The molecule has 0 saturated carbocycles. The second-order valence-electron chi connectivity index (χ2n) is 6.79. The van der Waals surface area contributed by atoms with Gasteiger partial charge in [0.05, 0.1) is 11.0 Å². The lowest BCUT2D eigenvalue weighted by atomic mass is 10.0. The number of carbonyl (C=O) groups excluding carboxylic acids is 1. The molecule has 1 amide bonds. The van der Waals surface area contributed by atoms with Crippen LogP contribution in [-0.2, 0) is 13.0 Å². The maximum Gasteiger partial charge on any atom is 0.249 e. The number of hydrogen-bond donors (Lipinski definition) is 1. The summed E-state index contributed by atoms with van der Waals surface area (Å²) in [6.07, 6.45) is 2.01. The minimum absolute atomic E-state index is 0.254. The summed E-state index contributed by atoms with van der Waals surface area (Å²) in [4.78, 5) is 12.0. The lowest BCUT2D eigenvalue weighted by Gasteiger charge is -2.09. The Balaban J connectivity index is 2.00. The molecule has 135 valence electrons. The number of hydrogen-bond acceptors (Lipinski definition) is 1. The van der Waals surface area contributed by atoms with Gasteiger partial charge >= 0.3 is 0 Å². The van der Waals surface area contributed by atoms with Gasteiger partial charge in [0.15, 0.2) is 0 Å². The summed E-state index contributed by atoms with van der Waals surface area (Å²) in [7, 11) is 0.